The third kappa shape index (κ3) is 52.8. The Kier molecular flexibility index (Phi) is 54.2. The molecular formula is C61H115N3O3. The molecule has 0 heterocycles. The Morgan fingerprint density at radius 3 is 0.791 bits per heavy atom. The fraction of sp³-hybridized carbons (Fsp3) is 0.852. The maximum absolute atomic E-state index is 13.4. The molecule has 0 saturated carbocycles. The monoisotopic (exact) mass is 938 g/mol. The zero-order valence-electron chi connectivity index (χ0n) is 45.3. The summed E-state index contributed by atoms with van der Waals surface area (Å²) < 4.78 is 0. The molecule has 67 heavy (non-hydrogen) atoms. The topological polar surface area (TPSA) is 78.5 Å². The molecule has 3 amide bonds. The van der Waals surface area contributed by atoms with Crippen LogP contribution in [0.15, 0.2) is 36.5 Å². The van der Waals surface area contributed by atoms with Crippen molar-refractivity contribution in [3.63, 3.8) is 0 Å². The largest absolute Gasteiger partial charge is 0.354 e. The van der Waals surface area contributed by atoms with Crippen molar-refractivity contribution in [3.05, 3.63) is 36.5 Å². The summed E-state index contributed by atoms with van der Waals surface area (Å²) in [6.07, 6.45) is 68.7. The third-order valence-electron chi connectivity index (χ3n) is 13.5. The van der Waals surface area contributed by atoms with Gasteiger partial charge in [-0.2, -0.15) is 0 Å². The number of carbonyl (C=O) groups is 3. The lowest BCUT2D eigenvalue weighted by Crippen LogP contribution is -2.42. The van der Waals surface area contributed by atoms with Gasteiger partial charge in [-0.1, -0.05) is 231 Å². The molecule has 0 atom stereocenters. The van der Waals surface area contributed by atoms with Crippen molar-refractivity contribution >= 4 is 17.7 Å². The van der Waals surface area contributed by atoms with Gasteiger partial charge in [0.2, 0.25) is 17.7 Å². The minimum Gasteiger partial charge on any atom is -0.354 e. The molecule has 0 spiro atoms. The van der Waals surface area contributed by atoms with Gasteiger partial charge in [0.15, 0.2) is 0 Å². The number of carbonyl (C=O) groups excluding carboxylic acids is 3. The zero-order chi connectivity index (χ0) is 48.6. The number of hydrogen-bond donors (Lipinski definition) is 2. The lowest BCUT2D eigenvalue weighted by atomic mass is 10.1. The van der Waals surface area contributed by atoms with Crippen LogP contribution in [-0.4, -0.2) is 48.8 Å². The van der Waals surface area contributed by atoms with Crippen molar-refractivity contribution in [2.45, 2.75) is 310 Å². The smallest absolute Gasteiger partial charge is 0.222 e. The predicted octanol–water partition coefficient (Wildman–Crippen LogP) is 18.3. The summed E-state index contributed by atoms with van der Waals surface area (Å²) in [7, 11) is 0. The van der Waals surface area contributed by atoms with Gasteiger partial charge in [0.25, 0.3) is 0 Å². The Labute approximate surface area is 418 Å². The SMILES string of the molecule is CCCCCCCCC/C=C\CCCCCCCC(=O)NCCN(CCNC(=O)CCCCCCC/C=C\CCCCCCCCC)C(=O)CCCCCCC/C=C\CCCCCCCCC. The number of allylic oxidation sites excluding steroid dienone is 6. The number of rotatable bonds is 54. The van der Waals surface area contributed by atoms with Crippen LogP contribution in [0.1, 0.15) is 310 Å². The summed E-state index contributed by atoms with van der Waals surface area (Å²) in [6, 6.07) is 0. The highest BCUT2D eigenvalue weighted by molar-refractivity contribution is 5.78. The van der Waals surface area contributed by atoms with Crippen molar-refractivity contribution in [2.24, 2.45) is 0 Å². The fourth-order valence-corrected chi connectivity index (χ4v) is 8.95. The van der Waals surface area contributed by atoms with Crippen LogP contribution < -0.4 is 10.6 Å². The van der Waals surface area contributed by atoms with Crippen LogP contribution in [0.2, 0.25) is 0 Å². The van der Waals surface area contributed by atoms with E-state index >= 15 is 0 Å². The van der Waals surface area contributed by atoms with Gasteiger partial charge in [-0.15, -0.1) is 0 Å². The van der Waals surface area contributed by atoms with Crippen LogP contribution in [0.5, 0.6) is 0 Å². The van der Waals surface area contributed by atoms with Gasteiger partial charge in [0.05, 0.1) is 0 Å². The summed E-state index contributed by atoms with van der Waals surface area (Å²) in [5.41, 5.74) is 0. The molecular weight excluding hydrogens is 823 g/mol. The molecule has 0 radical (unpaired) electrons. The summed E-state index contributed by atoms with van der Waals surface area (Å²) in [4.78, 5) is 40.6. The van der Waals surface area contributed by atoms with Gasteiger partial charge in [-0.25, -0.2) is 0 Å². The quantitative estimate of drug-likeness (QED) is 0.0471. The highest BCUT2D eigenvalue weighted by Gasteiger charge is 2.14. The molecule has 0 aromatic rings. The first kappa shape index (κ1) is 64.6. The Hall–Kier alpha value is -2.37. The zero-order valence-corrected chi connectivity index (χ0v) is 45.3. The van der Waals surface area contributed by atoms with E-state index in [1.165, 1.54) is 218 Å². The predicted molar refractivity (Wildman–Crippen MR) is 295 cm³/mol. The molecule has 0 aromatic heterocycles. The number of nitrogens with zero attached hydrogens (tertiary/aromatic N) is 1. The molecule has 2 N–H and O–H groups in total. The molecule has 392 valence electrons. The van der Waals surface area contributed by atoms with Crippen molar-refractivity contribution in [1.82, 2.24) is 15.5 Å². The number of unbranched alkanes of at least 4 members (excludes halogenated alkanes) is 36. The van der Waals surface area contributed by atoms with Crippen LogP contribution in [0, 0.1) is 0 Å². The first-order valence-electron chi connectivity index (χ1n) is 29.8. The minimum atomic E-state index is 0.0805. The molecule has 0 bridgehead atoms. The normalized spacial score (nSPS) is 11.7. The van der Waals surface area contributed by atoms with Crippen LogP contribution >= 0.6 is 0 Å². The maximum atomic E-state index is 13.4. The molecule has 0 unspecified atom stereocenters. The number of amides is 3. The molecule has 0 saturated heterocycles. The second-order valence-corrected chi connectivity index (χ2v) is 20.1. The van der Waals surface area contributed by atoms with E-state index in [0.717, 1.165) is 51.4 Å². The van der Waals surface area contributed by atoms with Crippen LogP contribution in [0.4, 0.5) is 0 Å². The van der Waals surface area contributed by atoms with Gasteiger partial charge in [0.1, 0.15) is 0 Å². The van der Waals surface area contributed by atoms with Gasteiger partial charge < -0.3 is 15.5 Å². The number of nitrogens with one attached hydrogen (secondary N) is 2. The van der Waals surface area contributed by atoms with E-state index in [1.54, 1.807) is 0 Å². The summed E-state index contributed by atoms with van der Waals surface area (Å²) in [5, 5.41) is 6.16. The third-order valence-corrected chi connectivity index (χ3v) is 13.5. The highest BCUT2D eigenvalue weighted by Crippen LogP contribution is 2.14. The standard InChI is InChI=1S/C61H115N3O3/c1-4-7-10-13-16-19-22-25-28-31-34-37-40-43-46-49-52-59(65)62-55-57-64(61(67)54-51-48-45-42-39-36-33-30-27-24-21-18-15-12-9-6-3)58-56-63-60(66)53-50-47-44-41-38-35-32-29-26-23-20-17-14-11-8-5-2/h28-33H,4-27,34-58H2,1-3H3,(H,62,65)(H,63,66)/b31-28-,32-29-,33-30-. The van der Waals surface area contributed by atoms with E-state index < -0.39 is 0 Å². The van der Waals surface area contributed by atoms with Gasteiger partial charge in [-0.05, 0) is 96.3 Å². The molecule has 0 aliphatic carbocycles. The maximum Gasteiger partial charge on any atom is 0.222 e. The van der Waals surface area contributed by atoms with Crippen LogP contribution in [0.25, 0.3) is 0 Å². The second kappa shape index (κ2) is 56.2. The van der Waals surface area contributed by atoms with Crippen LogP contribution in [-0.2, 0) is 14.4 Å². The van der Waals surface area contributed by atoms with E-state index in [9.17, 15) is 14.4 Å². The van der Waals surface area contributed by atoms with E-state index in [4.69, 9.17) is 0 Å². The second-order valence-electron chi connectivity index (χ2n) is 20.1. The Bertz CT molecular complexity index is 1070. The van der Waals surface area contributed by atoms with E-state index in [2.05, 4.69) is 67.9 Å². The molecule has 6 heteroatoms. The Balaban J connectivity index is 4.37. The summed E-state index contributed by atoms with van der Waals surface area (Å²) in [5.74, 6) is 0.297. The Morgan fingerprint density at radius 2 is 0.522 bits per heavy atom. The Morgan fingerprint density at radius 1 is 0.299 bits per heavy atom. The molecule has 0 rings (SSSR count). The average molecular weight is 939 g/mol. The molecule has 0 fully saturated rings. The van der Waals surface area contributed by atoms with Crippen molar-refractivity contribution in [2.75, 3.05) is 26.2 Å². The fourth-order valence-electron chi connectivity index (χ4n) is 8.95. The lowest BCUT2D eigenvalue weighted by Gasteiger charge is -2.23. The van der Waals surface area contributed by atoms with Crippen molar-refractivity contribution in [3.8, 4) is 0 Å². The van der Waals surface area contributed by atoms with Crippen molar-refractivity contribution in [1.29, 1.82) is 0 Å². The van der Waals surface area contributed by atoms with Crippen LogP contribution in [0.3, 0.4) is 0 Å². The molecule has 0 aromatic carbocycles. The molecule has 0 aliphatic rings. The van der Waals surface area contributed by atoms with Gasteiger partial charge >= 0.3 is 0 Å². The minimum absolute atomic E-state index is 0.0805. The van der Waals surface area contributed by atoms with E-state index in [0.29, 0.717) is 45.4 Å². The first-order valence-corrected chi connectivity index (χ1v) is 29.8. The highest BCUT2D eigenvalue weighted by atomic mass is 16.2. The first-order chi connectivity index (χ1) is 33.0. The summed E-state index contributed by atoms with van der Waals surface area (Å²) >= 11 is 0. The summed E-state index contributed by atoms with van der Waals surface area (Å²) in [6.45, 7) is 8.74. The van der Waals surface area contributed by atoms with E-state index in [-0.39, 0.29) is 17.7 Å². The van der Waals surface area contributed by atoms with Gasteiger partial charge in [-0.3, -0.25) is 14.4 Å². The number of hydrogen-bond acceptors (Lipinski definition) is 3. The van der Waals surface area contributed by atoms with Crippen molar-refractivity contribution < 1.29 is 14.4 Å². The lowest BCUT2D eigenvalue weighted by molar-refractivity contribution is -0.132. The molecule has 6 nitrogen and oxygen atoms in total. The van der Waals surface area contributed by atoms with E-state index in [1.807, 2.05) is 4.90 Å². The average Bonchev–Trinajstić information content (AvgIpc) is 3.33. The molecule has 0 aliphatic heterocycles. The van der Waals surface area contributed by atoms with Gasteiger partial charge in [0, 0.05) is 45.4 Å².